The molecule has 25 heavy (non-hydrogen) atoms. The van der Waals surface area contributed by atoms with Crippen LogP contribution in [0.1, 0.15) is 48.5 Å². The molecule has 0 saturated heterocycles. The molecule has 4 rings (SSSR count). The molecule has 128 valence electrons. The van der Waals surface area contributed by atoms with Crippen molar-refractivity contribution in [1.82, 2.24) is 14.3 Å². The molecule has 1 aromatic carbocycles. The zero-order valence-electron chi connectivity index (χ0n) is 13.8. The third kappa shape index (κ3) is 2.73. The summed E-state index contributed by atoms with van der Waals surface area (Å²) in [5.41, 5.74) is 1.02. The lowest BCUT2D eigenvalue weighted by molar-refractivity contribution is 0.0696. The number of benzene rings is 1. The second kappa shape index (κ2) is 6.20. The van der Waals surface area contributed by atoms with Crippen molar-refractivity contribution < 1.29 is 9.90 Å². The van der Waals surface area contributed by atoms with Crippen LogP contribution in [0.2, 0.25) is 0 Å². The summed E-state index contributed by atoms with van der Waals surface area (Å²) in [4.78, 5) is 24.6. The largest absolute Gasteiger partial charge is 0.478 e. The molecule has 0 spiro atoms. The van der Waals surface area contributed by atoms with Gasteiger partial charge in [-0.1, -0.05) is 37.5 Å². The Labute approximate surface area is 144 Å². The fourth-order valence-corrected chi connectivity index (χ4v) is 3.62. The Morgan fingerprint density at radius 1 is 1.08 bits per heavy atom. The summed E-state index contributed by atoms with van der Waals surface area (Å²) in [6, 6.07) is 9.31. The number of aromatic nitrogens is 3. The third-order valence-electron chi connectivity index (χ3n) is 4.92. The van der Waals surface area contributed by atoms with Gasteiger partial charge in [-0.05, 0) is 25.0 Å². The predicted octanol–water partition coefficient (Wildman–Crippen LogP) is 3.34. The molecule has 3 aliphatic rings. The lowest BCUT2D eigenvalue weighted by Crippen LogP contribution is -2.18. The number of hydrogen-bond acceptors (Lipinski definition) is 3. The SMILES string of the molecule is O=C(O)c1cn(C2CCCCC2)cc2c(=O)n(-c3ccccc3)nc1-2. The van der Waals surface area contributed by atoms with E-state index in [0.717, 1.165) is 25.7 Å². The van der Waals surface area contributed by atoms with Gasteiger partial charge in [0.2, 0.25) is 0 Å². The Kier molecular flexibility index (Phi) is 3.87. The molecule has 0 bridgehead atoms. The van der Waals surface area contributed by atoms with E-state index in [4.69, 9.17) is 0 Å². The number of carboxylic acids is 1. The van der Waals surface area contributed by atoms with Crippen LogP contribution < -0.4 is 5.56 Å². The summed E-state index contributed by atoms with van der Waals surface area (Å²) >= 11 is 0. The highest BCUT2D eigenvalue weighted by Crippen LogP contribution is 2.31. The Morgan fingerprint density at radius 2 is 1.80 bits per heavy atom. The fourth-order valence-electron chi connectivity index (χ4n) is 3.62. The van der Waals surface area contributed by atoms with Crippen LogP contribution in [0.5, 0.6) is 0 Å². The number of carbonyl (C=O) groups is 1. The van der Waals surface area contributed by atoms with Crippen molar-refractivity contribution in [2.75, 3.05) is 0 Å². The van der Waals surface area contributed by atoms with Crippen LogP contribution in [0.15, 0.2) is 47.5 Å². The van der Waals surface area contributed by atoms with Crippen molar-refractivity contribution in [3.63, 3.8) is 0 Å². The number of pyridine rings is 1. The van der Waals surface area contributed by atoms with Crippen LogP contribution in [0.3, 0.4) is 0 Å². The zero-order valence-corrected chi connectivity index (χ0v) is 13.8. The maximum absolute atomic E-state index is 12.8. The minimum Gasteiger partial charge on any atom is -0.478 e. The van der Waals surface area contributed by atoms with E-state index in [2.05, 4.69) is 5.10 Å². The van der Waals surface area contributed by atoms with E-state index in [1.165, 1.54) is 11.1 Å². The van der Waals surface area contributed by atoms with E-state index in [9.17, 15) is 14.7 Å². The number of fused-ring (bicyclic) bond motifs is 1. The van der Waals surface area contributed by atoms with Crippen molar-refractivity contribution in [3.8, 4) is 16.9 Å². The number of para-hydroxylation sites is 1. The first-order chi connectivity index (χ1) is 12.1. The first-order valence-corrected chi connectivity index (χ1v) is 8.58. The molecule has 2 aliphatic heterocycles. The average Bonchev–Trinajstić information content (AvgIpc) is 2.99. The highest BCUT2D eigenvalue weighted by Gasteiger charge is 2.26. The molecule has 2 heterocycles. The summed E-state index contributed by atoms with van der Waals surface area (Å²) in [6.07, 6.45) is 8.89. The van der Waals surface area contributed by atoms with Gasteiger partial charge in [-0.3, -0.25) is 4.79 Å². The minimum atomic E-state index is -1.06. The van der Waals surface area contributed by atoms with Gasteiger partial charge >= 0.3 is 5.97 Å². The maximum atomic E-state index is 12.8. The smallest absolute Gasteiger partial charge is 0.339 e. The van der Waals surface area contributed by atoms with Crippen molar-refractivity contribution in [2.24, 2.45) is 0 Å². The fraction of sp³-hybridized carbons (Fsp3) is 0.316. The van der Waals surface area contributed by atoms with Gasteiger partial charge in [-0.15, -0.1) is 0 Å². The topological polar surface area (TPSA) is 77.1 Å². The average molecular weight is 337 g/mol. The van der Waals surface area contributed by atoms with Gasteiger partial charge in [-0.2, -0.15) is 9.78 Å². The van der Waals surface area contributed by atoms with E-state index in [1.807, 2.05) is 22.8 Å². The van der Waals surface area contributed by atoms with Crippen molar-refractivity contribution >= 4 is 5.97 Å². The second-order valence-corrected chi connectivity index (χ2v) is 6.53. The van der Waals surface area contributed by atoms with Gasteiger partial charge in [0, 0.05) is 18.4 Å². The Balaban J connectivity index is 1.91. The summed E-state index contributed by atoms with van der Waals surface area (Å²) in [5.74, 6) is -1.06. The van der Waals surface area contributed by atoms with E-state index >= 15 is 0 Å². The third-order valence-corrected chi connectivity index (χ3v) is 4.92. The van der Waals surface area contributed by atoms with Gasteiger partial charge < -0.3 is 9.67 Å². The van der Waals surface area contributed by atoms with Crippen molar-refractivity contribution in [3.05, 3.63) is 58.6 Å². The molecular formula is C19H19N3O3. The van der Waals surface area contributed by atoms with Crippen LogP contribution in [-0.4, -0.2) is 25.4 Å². The Bertz CT molecular complexity index is 936. The first-order valence-electron chi connectivity index (χ1n) is 8.58. The standard InChI is InChI=1S/C19H19N3O3/c23-18-15-11-21(13-7-3-1-4-8-13)12-16(19(24)25)17(15)20-22(18)14-9-5-2-6-10-14/h2,5-6,9-13H,1,3-4,7-8H2,(H,24,25). The van der Waals surface area contributed by atoms with Crippen molar-refractivity contribution in [1.29, 1.82) is 0 Å². The molecule has 1 saturated carbocycles. The van der Waals surface area contributed by atoms with Crippen LogP contribution in [0.4, 0.5) is 0 Å². The highest BCUT2D eigenvalue weighted by molar-refractivity contribution is 5.94. The van der Waals surface area contributed by atoms with E-state index < -0.39 is 5.97 Å². The number of carboxylic acid groups (broad SMARTS) is 1. The zero-order chi connectivity index (χ0) is 17.4. The molecule has 0 atom stereocenters. The molecule has 0 amide bonds. The number of hydrogen-bond donors (Lipinski definition) is 1. The highest BCUT2D eigenvalue weighted by atomic mass is 16.4. The van der Waals surface area contributed by atoms with Gasteiger partial charge in [-0.25, -0.2) is 4.79 Å². The van der Waals surface area contributed by atoms with E-state index in [1.54, 1.807) is 24.5 Å². The summed E-state index contributed by atoms with van der Waals surface area (Å²) in [7, 11) is 0. The van der Waals surface area contributed by atoms with Crippen LogP contribution in [0.25, 0.3) is 16.9 Å². The van der Waals surface area contributed by atoms with Gasteiger partial charge in [0.1, 0.15) is 11.3 Å². The molecule has 0 radical (unpaired) electrons. The molecule has 0 aromatic heterocycles. The minimum absolute atomic E-state index is 0.0786. The molecule has 1 aliphatic carbocycles. The predicted molar refractivity (Wildman–Crippen MR) is 93.5 cm³/mol. The summed E-state index contributed by atoms with van der Waals surface area (Å²) in [5, 5.41) is 13.9. The number of rotatable bonds is 3. The van der Waals surface area contributed by atoms with Crippen LogP contribution >= 0.6 is 0 Å². The normalized spacial score (nSPS) is 15.5. The second-order valence-electron chi connectivity index (χ2n) is 6.53. The lowest BCUT2D eigenvalue weighted by atomic mass is 9.94. The van der Waals surface area contributed by atoms with Gasteiger partial charge in [0.25, 0.3) is 5.56 Å². The Hall–Kier alpha value is -2.89. The summed E-state index contributed by atoms with van der Waals surface area (Å²) in [6.45, 7) is 0. The Morgan fingerprint density at radius 3 is 2.48 bits per heavy atom. The van der Waals surface area contributed by atoms with Gasteiger partial charge in [0.15, 0.2) is 0 Å². The summed E-state index contributed by atoms with van der Waals surface area (Å²) < 4.78 is 3.19. The van der Waals surface area contributed by atoms with Gasteiger partial charge in [0.05, 0.1) is 11.3 Å². The monoisotopic (exact) mass is 337 g/mol. The molecule has 1 fully saturated rings. The molecular weight excluding hydrogens is 318 g/mol. The molecule has 1 N–H and O–H groups in total. The van der Waals surface area contributed by atoms with E-state index in [0.29, 0.717) is 11.3 Å². The number of nitrogens with zero attached hydrogens (tertiary/aromatic N) is 3. The van der Waals surface area contributed by atoms with Crippen LogP contribution in [-0.2, 0) is 0 Å². The number of aromatic carboxylic acids is 1. The quantitative estimate of drug-likeness (QED) is 0.795. The van der Waals surface area contributed by atoms with Crippen molar-refractivity contribution in [2.45, 2.75) is 38.1 Å². The lowest BCUT2D eigenvalue weighted by Gasteiger charge is -2.25. The first kappa shape index (κ1) is 15.6. The van der Waals surface area contributed by atoms with E-state index in [-0.39, 0.29) is 22.9 Å². The molecule has 1 aromatic rings. The maximum Gasteiger partial charge on any atom is 0.339 e. The molecule has 6 heteroatoms. The molecule has 0 unspecified atom stereocenters. The van der Waals surface area contributed by atoms with Crippen LogP contribution in [0, 0.1) is 0 Å². The molecule has 6 nitrogen and oxygen atoms in total.